The molecular formula is C12H14ClNO. The second-order valence-corrected chi connectivity index (χ2v) is 4.95. The number of hydrogen-bond acceptors (Lipinski definition) is 2. The van der Waals surface area contributed by atoms with Crippen molar-refractivity contribution in [3.63, 3.8) is 0 Å². The Kier molecular flexibility index (Phi) is 2.15. The van der Waals surface area contributed by atoms with Gasteiger partial charge in [-0.3, -0.25) is 0 Å². The summed E-state index contributed by atoms with van der Waals surface area (Å²) in [5.41, 5.74) is 7.19. The zero-order chi connectivity index (χ0) is 10.4. The third-order valence-corrected chi connectivity index (χ3v) is 3.52. The van der Waals surface area contributed by atoms with Crippen molar-refractivity contribution in [1.29, 1.82) is 0 Å². The third kappa shape index (κ3) is 1.72. The molecule has 2 aliphatic rings. The third-order valence-electron chi connectivity index (χ3n) is 3.28. The van der Waals surface area contributed by atoms with Crippen LogP contribution in [0.15, 0.2) is 18.2 Å². The Labute approximate surface area is 94.4 Å². The van der Waals surface area contributed by atoms with E-state index in [-0.39, 0.29) is 6.04 Å². The van der Waals surface area contributed by atoms with Gasteiger partial charge in [0.1, 0.15) is 11.9 Å². The quantitative estimate of drug-likeness (QED) is 0.795. The predicted molar refractivity (Wildman–Crippen MR) is 60.1 cm³/mol. The molecular weight excluding hydrogens is 210 g/mol. The highest BCUT2D eigenvalue weighted by Gasteiger charge is 2.37. The lowest BCUT2D eigenvalue weighted by molar-refractivity contribution is 0.138. The second kappa shape index (κ2) is 3.39. The standard InChI is InChI=1S/C12H14ClNO/c13-8-3-4-11-9(5-8)10(14)6-12(15-11)7-1-2-7/h3-5,7,10,12H,1-2,6,14H2. The van der Waals surface area contributed by atoms with Crippen molar-refractivity contribution in [3.8, 4) is 5.75 Å². The van der Waals surface area contributed by atoms with Crippen molar-refractivity contribution in [3.05, 3.63) is 28.8 Å². The lowest BCUT2D eigenvalue weighted by Crippen LogP contribution is -2.30. The van der Waals surface area contributed by atoms with E-state index >= 15 is 0 Å². The van der Waals surface area contributed by atoms with Gasteiger partial charge in [0.2, 0.25) is 0 Å². The minimum absolute atomic E-state index is 0.0815. The Balaban J connectivity index is 1.93. The molecule has 0 radical (unpaired) electrons. The fraction of sp³-hybridized carbons (Fsp3) is 0.500. The van der Waals surface area contributed by atoms with E-state index in [0.717, 1.165) is 28.7 Å². The maximum absolute atomic E-state index is 6.13. The molecule has 80 valence electrons. The molecule has 0 spiro atoms. The molecule has 1 aromatic rings. The summed E-state index contributed by atoms with van der Waals surface area (Å²) in [4.78, 5) is 0. The number of hydrogen-bond donors (Lipinski definition) is 1. The fourth-order valence-corrected chi connectivity index (χ4v) is 2.44. The van der Waals surface area contributed by atoms with Crippen molar-refractivity contribution in [1.82, 2.24) is 0 Å². The van der Waals surface area contributed by atoms with Crippen LogP contribution in [0.3, 0.4) is 0 Å². The fourth-order valence-electron chi connectivity index (χ4n) is 2.26. The van der Waals surface area contributed by atoms with Crippen LogP contribution in [0.2, 0.25) is 5.02 Å². The molecule has 2 unspecified atom stereocenters. The van der Waals surface area contributed by atoms with Crippen LogP contribution in [0.1, 0.15) is 30.9 Å². The maximum Gasteiger partial charge on any atom is 0.124 e. The zero-order valence-electron chi connectivity index (χ0n) is 8.45. The van der Waals surface area contributed by atoms with Crippen LogP contribution >= 0.6 is 11.6 Å². The molecule has 2 nitrogen and oxygen atoms in total. The van der Waals surface area contributed by atoms with E-state index in [9.17, 15) is 0 Å². The average Bonchev–Trinajstić information content (AvgIpc) is 3.02. The average molecular weight is 224 g/mol. The monoisotopic (exact) mass is 223 g/mol. The number of benzene rings is 1. The second-order valence-electron chi connectivity index (χ2n) is 4.52. The number of halogens is 1. The Morgan fingerprint density at radius 1 is 1.33 bits per heavy atom. The van der Waals surface area contributed by atoms with Crippen molar-refractivity contribution in [2.24, 2.45) is 11.7 Å². The van der Waals surface area contributed by atoms with Gasteiger partial charge in [0.15, 0.2) is 0 Å². The van der Waals surface area contributed by atoms with E-state index < -0.39 is 0 Å². The Hall–Kier alpha value is -0.730. The van der Waals surface area contributed by atoms with Crippen LogP contribution in [-0.2, 0) is 0 Å². The van der Waals surface area contributed by atoms with Gasteiger partial charge in [-0.25, -0.2) is 0 Å². The van der Waals surface area contributed by atoms with Gasteiger partial charge in [-0.1, -0.05) is 11.6 Å². The summed E-state index contributed by atoms with van der Waals surface area (Å²) in [5, 5.41) is 0.734. The Morgan fingerprint density at radius 3 is 2.87 bits per heavy atom. The van der Waals surface area contributed by atoms with E-state index in [1.54, 1.807) is 0 Å². The normalized spacial score (nSPS) is 29.5. The van der Waals surface area contributed by atoms with E-state index in [4.69, 9.17) is 22.1 Å². The maximum atomic E-state index is 6.13. The molecule has 1 aliphatic carbocycles. The summed E-state index contributed by atoms with van der Waals surface area (Å²) in [6.45, 7) is 0. The highest BCUT2D eigenvalue weighted by Crippen LogP contribution is 2.43. The van der Waals surface area contributed by atoms with Crippen LogP contribution in [0.5, 0.6) is 5.75 Å². The van der Waals surface area contributed by atoms with Crippen LogP contribution < -0.4 is 10.5 Å². The minimum Gasteiger partial charge on any atom is -0.490 e. The SMILES string of the molecule is NC1CC(C2CC2)Oc2ccc(Cl)cc21. The first-order valence-corrected chi connectivity index (χ1v) is 5.83. The van der Waals surface area contributed by atoms with Crippen molar-refractivity contribution < 1.29 is 4.74 Å². The van der Waals surface area contributed by atoms with Gasteiger partial charge >= 0.3 is 0 Å². The first kappa shape index (κ1) is 9.49. The largest absolute Gasteiger partial charge is 0.490 e. The number of ether oxygens (including phenoxy) is 1. The van der Waals surface area contributed by atoms with Gasteiger partial charge in [0.25, 0.3) is 0 Å². The highest BCUT2D eigenvalue weighted by atomic mass is 35.5. The summed E-state index contributed by atoms with van der Waals surface area (Å²) >= 11 is 5.94. The smallest absolute Gasteiger partial charge is 0.124 e. The summed E-state index contributed by atoms with van der Waals surface area (Å²) in [5.74, 6) is 1.66. The van der Waals surface area contributed by atoms with Crippen LogP contribution in [0.4, 0.5) is 0 Å². The minimum atomic E-state index is 0.0815. The molecule has 3 rings (SSSR count). The molecule has 3 heteroatoms. The topological polar surface area (TPSA) is 35.2 Å². The molecule has 0 aromatic heterocycles. The van der Waals surface area contributed by atoms with E-state index in [0.29, 0.717) is 6.10 Å². The molecule has 1 saturated carbocycles. The summed E-state index contributed by atoms with van der Waals surface area (Å²) < 4.78 is 5.94. The molecule has 2 N–H and O–H groups in total. The molecule has 1 aromatic carbocycles. The van der Waals surface area contributed by atoms with Crippen LogP contribution in [0.25, 0.3) is 0 Å². The van der Waals surface area contributed by atoms with Gasteiger partial charge in [-0.2, -0.15) is 0 Å². The van der Waals surface area contributed by atoms with Gasteiger partial charge < -0.3 is 10.5 Å². The molecule has 1 fully saturated rings. The molecule has 0 saturated heterocycles. The lowest BCUT2D eigenvalue weighted by atomic mass is 9.95. The predicted octanol–water partition coefficient (Wildman–Crippen LogP) is 2.90. The number of rotatable bonds is 1. The van der Waals surface area contributed by atoms with Gasteiger partial charge in [-0.15, -0.1) is 0 Å². The summed E-state index contributed by atoms with van der Waals surface area (Å²) in [7, 11) is 0. The van der Waals surface area contributed by atoms with Crippen molar-refractivity contribution in [2.45, 2.75) is 31.4 Å². The summed E-state index contributed by atoms with van der Waals surface area (Å²) in [6, 6.07) is 5.80. The molecule has 2 atom stereocenters. The van der Waals surface area contributed by atoms with E-state index in [2.05, 4.69) is 0 Å². The first-order chi connectivity index (χ1) is 7.24. The molecule has 0 amide bonds. The van der Waals surface area contributed by atoms with Crippen LogP contribution in [-0.4, -0.2) is 6.10 Å². The first-order valence-electron chi connectivity index (χ1n) is 5.46. The van der Waals surface area contributed by atoms with E-state index in [1.807, 2.05) is 18.2 Å². The zero-order valence-corrected chi connectivity index (χ0v) is 9.20. The highest BCUT2D eigenvalue weighted by molar-refractivity contribution is 6.30. The van der Waals surface area contributed by atoms with Crippen LogP contribution in [0, 0.1) is 5.92 Å². The molecule has 1 aliphatic heterocycles. The summed E-state index contributed by atoms with van der Waals surface area (Å²) in [6.07, 6.45) is 3.84. The molecule has 0 bridgehead atoms. The molecule has 15 heavy (non-hydrogen) atoms. The Bertz CT molecular complexity index is 389. The van der Waals surface area contributed by atoms with Crippen molar-refractivity contribution in [2.75, 3.05) is 0 Å². The van der Waals surface area contributed by atoms with Crippen molar-refractivity contribution >= 4 is 11.6 Å². The van der Waals surface area contributed by atoms with Gasteiger partial charge in [0, 0.05) is 23.0 Å². The number of fused-ring (bicyclic) bond motifs is 1. The lowest BCUT2D eigenvalue weighted by Gasteiger charge is -2.30. The van der Waals surface area contributed by atoms with E-state index in [1.165, 1.54) is 12.8 Å². The molecule has 1 heterocycles. The Morgan fingerprint density at radius 2 is 2.13 bits per heavy atom. The van der Waals surface area contributed by atoms with Gasteiger partial charge in [-0.05, 0) is 37.0 Å². The van der Waals surface area contributed by atoms with Gasteiger partial charge in [0.05, 0.1) is 0 Å². The number of nitrogens with two attached hydrogens (primary N) is 1.